The molecular weight excluding hydrogens is 370 g/mol. The van der Waals surface area contributed by atoms with Crippen LogP contribution in [-0.2, 0) is 14.4 Å². The van der Waals surface area contributed by atoms with Gasteiger partial charge in [-0.25, -0.2) is 9.69 Å². The second-order valence-corrected chi connectivity index (χ2v) is 6.70. The summed E-state index contributed by atoms with van der Waals surface area (Å²) in [7, 11) is 0. The van der Waals surface area contributed by atoms with Crippen LogP contribution >= 0.6 is 0 Å². The fourth-order valence-corrected chi connectivity index (χ4v) is 3.09. The summed E-state index contributed by atoms with van der Waals surface area (Å²) < 4.78 is 0. The van der Waals surface area contributed by atoms with Gasteiger partial charge >= 0.3 is 17.8 Å². The van der Waals surface area contributed by atoms with Crippen LogP contribution in [0.1, 0.15) is 22.7 Å². The van der Waals surface area contributed by atoms with Crippen LogP contribution in [0.5, 0.6) is 0 Å². The first kappa shape index (κ1) is 20.0. The van der Waals surface area contributed by atoms with Gasteiger partial charge in [0.05, 0.1) is 6.04 Å². The van der Waals surface area contributed by atoms with E-state index in [0.717, 1.165) is 21.6 Å². The zero-order valence-corrected chi connectivity index (χ0v) is 16.0. The molecule has 1 heterocycles. The molecule has 5 amide bonds. The van der Waals surface area contributed by atoms with Crippen LogP contribution in [0.3, 0.4) is 0 Å². The second-order valence-electron chi connectivity index (χ2n) is 6.70. The minimum absolute atomic E-state index is 0.0858. The Kier molecular flexibility index (Phi) is 5.87. The average molecular weight is 391 g/mol. The molecule has 0 saturated carbocycles. The molecule has 2 aromatic rings. The van der Waals surface area contributed by atoms with Gasteiger partial charge in [-0.3, -0.25) is 19.3 Å². The Morgan fingerprint density at radius 3 is 2.17 bits per heavy atom. The molecule has 0 aromatic heterocycles. The quantitative estimate of drug-likeness (QED) is 0.445. The molecule has 1 unspecified atom stereocenters. The lowest BCUT2D eigenvalue weighted by Crippen LogP contribution is -2.42. The number of amides is 5. The van der Waals surface area contributed by atoms with Crippen LogP contribution in [0.15, 0.2) is 67.3 Å². The molecule has 1 N–H and O–H groups in total. The van der Waals surface area contributed by atoms with Gasteiger partial charge in [0.15, 0.2) is 0 Å². The highest BCUT2D eigenvalue weighted by Gasteiger charge is 2.44. The molecule has 7 nitrogen and oxygen atoms in total. The monoisotopic (exact) mass is 391 g/mol. The van der Waals surface area contributed by atoms with Crippen LogP contribution in [-0.4, -0.2) is 46.6 Å². The van der Waals surface area contributed by atoms with Gasteiger partial charge < -0.3 is 5.32 Å². The summed E-state index contributed by atoms with van der Waals surface area (Å²) in [4.78, 5) is 50.4. The van der Waals surface area contributed by atoms with E-state index in [2.05, 4.69) is 11.9 Å². The predicted molar refractivity (Wildman–Crippen MR) is 107 cm³/mol. The van der Waals surface area contributed by atoms with Crippen molar-refractivity contribution in [1.29, 1.82) is 0 Å². The number of imide groups is 2. The van der Waals surface area contributed by atoms with Crippen LogP contribution < -0.4 is 5.32 Å². The van der Waals surface area contributed by atoms with Gasteiger partial charge in [0.1, 0.15) is 6.54 Å². The molecule has 0 bridgehead atoms. The van der Waals surface area contributed by atoms with Gasteiger partial charge in [-0.05, 0) is 18.1 Å². The summed E-state index contributed by atoms with van der Waals surface area (Å²) in [6.07, 6.45) is 1.34. The highest BCUT2D eigenvalue weighted by Crippen LogP contribution is 2.22. The van der Waals surface area contributed by atoms with Gasteiger partial charge in [0.2, 0.25) is 5.91 Å². The lowest BCUT2D eigenvalue weighted by molar-refractivity contribution is -0.143. The Morgan fingerprint density at radius 1 is 0.966 bits per heavy atom. The van der Waals surface area contributed by atoms with Crippen molar-refractivity contribution in [1.82, 2.24) is 15.1 Å². The minimum atomic E-state index is -1.02. The number of urea groups is 1. The molecule has 1 atom stereocenters. The number of hydrogen-bond donors (Lipinski definition) is 1. The van der Waals surface area contributed by atoms with Crippen molar-refractivity contribution in [3.05, 3.63) is 83.9 Å². The van der Waals surface area contributed by atoms with Crippen molar-refractivity contribution in [2.75, 3.05) is 13.1 Å². The summed E-state index contributed by atoms with van der Waals surface area (Å²) in [5.41, 5.74) is 2.80. The number of nitrogens with one attached hydrogen (secondary N) is 1. The van der Waals surface area contributed by atoms with E-state index in [0.29, 0.717) is 4.90 Å². The van der Waals surface area contributed by atoms with Crippen molar-refractivity contribution in [2.24, 2.45) is 0 Å². The maximum Gasteiger partial charge on any atom is 0.335 e. The highest BCUT2D eigenvalue weighted by molar-refractivity contribution is 6.45. The van der Waals surface area contributed by atoms with Crippen molar-refractivity contribution in [3.63, 3.8) is 0 Å². The number of aryl methyl sites for hydroxylation is 1. The van der Waals surface area contributed by atoms with Crippen molar-refractivity contribution < 1.29 is 19.2 Å². The first-order valence-electron chi connectivity index (χ1n) is 9.11. The number of nitrogens with zero attached hydrogens (tertiary/aromatic N) is 2. The van der Waals surface area contributed by atoms with E-state index in [1.807, 2.05) is 61.5 Å². The molecule has 7 heteroatoms. The minimum Gasteiger partial charge on any atom is -0.344 e. The Labute approximate surface area is 168 Å². The third-order valence-corrected chi connectivity index (χ3v) is 4.60. The summed E-state index contributed by atoms with van der Waals surface area (Å²) in [6.45, 7) is 4.81. The molecule has 148 valence electrons. The maximum absolute atomic E-state index is 12.7. The van der Waals surface area contributed by atoms with Gasteiger partial charge in [0.25, 0.3) is 0 Å². The number of rotatable bonds is 7. The van der Waals surface area contributed by atoms with E-state index in [-0.39, 0.29) is 6.54 Å². The normalized spacial score (nSPS) is 14.9. The van der Waals surface area contributed by atoms with Crippen LogP contribution in [0.2, 0.25) is 0 Å². The SMILES string of the molecule is C=CCN1C(=O)C(=O)N(CC(=O)NC(c2ccccc2)c2ccc(C)cc2)C1=O. The van der Waals surface area contributed by atoms with Gasteiger partial charge in [0, 0.05) is 6.54 Å². The van der Waals surface area contributed by atoms with Crippen molar-refractivity contribution in [3.8, 4) is 0 Å². The summed E-state index contributed by atoms with van der Waals surface area (Å²) in [6, 6.07) is 15.8. The summed E-state index contributed by atoms with van der Waals surface area (Å²) in [5.74, 6) is -2.52. The van der Waals surface area contributed by atoms with Crippen molar-refractivity contribution >= 4 is 23.8 Å². The Bertz CT molecular complexity index is 954. The molecule has 0 aliphatic carbocycles. The molecule has 0 radical (unpaired) electrons. The largest absolute Gasteiger partial charge is 0.344 e. The summed E-state index contributed by atoms with van der Waals surface area (Å²) in [5, 5.41) is 2.86. The zero-order valence-electron chi connectivity index (χ0n) is 16.0. The van der Waals surface area contributed by atoms with E-state index < -0.39 is 36.3 Å². The average Bonchev–Trinajstić information content (AvgIpc) is 2.92. The first-order valence-corrected chi connectivity index (χ1v) is 9.11. The number of carbonyl (C=O) groups excluding carboxylic acids is 4. The van der Waals surface area contributed by atoms with E-state index in [1.165, 1.54) is 6.08 Å². The molecule has 3 rings (SSSR count). The van der Waals surface area contributed by atoms with Gasteiger partial charge in [-0.15, -0.1) is 6.58 Å². The van der Waals surface area contributed by atoms with E-state index in [9.17, 15) is 19.2 Å². The Morgan fingerprint density at radius 2 is 1.55 bits per heavy atom. The molecule has 2 aromatic carbocycles. The van der Waals surface area contributed by atoms with E-state index >= 15 is 0 Å². The third-order valence-electron chi connectivity index (χ3n) is 4.60. The molecule has 1 saturated heterocycles. The lowest BCUT2D eigenvalue weighted by Gasteiger charge is -2.21. The highest BCUT2D eigenvalue weighted by atomic mass is 16.2. The first-order chi connectivity index (χ1) is 13.9. The van der Waals surface area contributed by atoms with E-state index in [1.54, 1.807) is 0 Å². The van der Waals surface area contributed by atoms with Crippen molar-refractivity contribution in [2.45, 2.75) is 13.0 Å². The fourth-order valence-electron chi connectivity index (χ4n) is 3.09. The molecular formula is C22H21N3O4. The second kappa shape index (κ2) is 8.52. The Balaban J connectivity index is 1.79. The smallest absolute Gasteiger partial charge is 0.335 e. The molecule has 0 spiro atoms. The fraction of sp³-hybridized carbons (Fsp3) is 0.182. The standard InChI is InChI=1S/C22H21N3O4/c1-3-13-24-20(27)21(28)25(22(24)29)14-18(26)23-19(16-7-5-4-6-8-16)17-11-9-15(2)10-12-17/h3-12,19H,1,13-14H2,2H3,(H,23,26). The zero-order chi connectivity index (χ0) is 21.0. The predicted octanol–water partition coefficient (Wildman–Crippen LogP) is 2.18. The van der Waals surface area contributed by atoms with Gasteiger partial charge in [-0.2, -0.15) is 0 Å². The van der Waals surface area contributed by atoms with Gasteiger partial charge in [-0.1, -0.05) is 66.2 Å². The van der Waals surface area contributed by atoms with E-state index in [4.69, 9.17) is 0 Å². The topological polar surface area (TPSA) is 86.8 Å². The summed E-state index contributed by atoms with van der Waals surface area (Å²) >= 11 is 0. The van der Waals surface area contributed by atoms with Crippen LogP contribution in [0.25, 0.3) is 0 Å². The number of carbonyl (C=O) groups is 4. The number of benzene rings is 2. The molecule has 1 aliphatic rings. The molecule has 29 heavy (non-hydrogen) atoms. The maximum atomic E-state index is 12.7. The molecule has 1 fully saturated rings. The lowest BCUT2D eigenvalue weighted by atomic mass is 9.98. The number of hydrogen-bond acceptors (Lipinski definition) is 4. The van der Waals surface area contributed by atoms with Crippen LogP contribution in [0, 0.1) is 6.92 Å². The van der Waals surface area contributed by atoms with Crippen LogP contribution in [0.4, 0.5) is 4.79 Å². The molecule has 1 aliphatic heterocycles. The Hall–Kier alpha value is -3.74. The third kappa shape index (κ3) is 4.24.